The van der Waals surface area contributed by atoms with Crippen molar-refractivity contribution < 1.29 is 13.6 Å². The van der Waals surface area contributed by atoms with Crippen LogP contribution in [-0.4, -0.2) is 33.9 Å². The number of nitrogens with zero attached hydrogens (tertiary/aromatic N) is 2. The molecule has 154 valence electrons. The van der Waals surface area contributed by atoms with E-state index in [1.807, 2.05) is 12.1 Å². The van der Waals surface area contributed by atoms with E-state index in [-0.39, 0.29) is 17.9 Å². The van der Waals surface area contributed by atoms with Gasteiger partial charge in [-0.25, -0.2) is 9.37 Å². The number of hydrogen-bond donors (Lipinski definition) is 1. The lowest BCUT2D eigenvalue weighted by molar-refractivity contribution is -0.130. The molecule has 4 rings (SSSR count). The summed E-state index contributed by atoms with van der Waals surface area (Å²) < 4.78 is 26.9. The summed E-state index contributed by atoms with van der Waals surface area (Å²) in [6, 6.07) is 7.58. The van der Waals surface area contributed by atoms with Crippen LogP contribution in [0.4, 0.5) is 8.78 Å². The summed E-state index contributed by atoms with van der Waals surface area (Å²) in [7, 11) is 0. The first-order valence-corrected chi connectivity index (χ1v) is 9.81. The van der Waals surface area contributed by atoms with E-state index in [0.29, 0.717) is 48.0 Å². The van der Waals surface area contributed by atoms with Gasteiger partial charge in [-0.1, -0.05) is 6.08 Å². The summed E-state index contributed by atoms with van der Waals surface area (Å²) in [6.07, 6.45) is 4.67. The van der Waals surface area contributed by atoms with Gasteiger partial charge in [-0.15, -0.1) is 0 Å². The van der Waals surface area contributed by atoms with Crippen LogP contribution in [0.25, 0.3) is 16.3 Å². The fraction of sp³-hybridized carbons (Fsp3) is 0.261. The van der Waals surface area contributed by atoms with Crippen molar-refractivity contribution in [3.63, 3.8) is 0 Å². The van der Waals surface area contributed by atoms with Gasteiger partial charge >= 0.3 is 0 Å². The van der Waals surface area contributed by atoms with Crippen LogP contribution in [0.3, 0.4) is 0 Å². The second kappa shape index (κ2) is 8.18. The highest BCUT2D eigenvalue weighted by Gasteiger charge is 2.18. The average molecular weight is 409 g/mol. The molecule has 1 amide bonds. The predicted molar refractivity (Wildman–Crippen MR) is 111 cm³/mol. The number of H-pyrrole nitrogens is 1. The topological polar surface area (TPSA) is 66.1 Å². The minimum absolute atomic E-state index is 0.0111. The second-order valence-electron chi connectivity index (χ2n) is 7.49. The van der Waals surface area contributed by atoms with Crippen molar-refractivity contribution >= 4 is 22.3 Å². The molecule has 3 heterocycles. The number of hydrogen-bond acceptors (Lipinski definition) is 3. The average Bonchev–Trinajstić information content (AvgIpc) is 2.73. The van der Waals surface area contributed by atoms with Crippen LogP contribution < -0.4 is 5.56 Å². The van der Waals surface area contributed by atoms with Gasteiger partial charge in [0.25, 0.3) is 5.56 Å². The van der Waals surface area contributed by atoms with E-state index in [9.17, 15) is 18.4 Å². The number of rotatable bonds is 4. The largest absolute Gasteiger partial charge is 0.339 e. The molecule has 0 saturated carbocycles. The number of halogens is 2. The Hall–Kier alpha value is -3.35. The third-order valence-electron chi connectivity index (χ3n) is 5.46. The number of pyridine rings is 2. The van der Waals surface area contributed by atoms with Crippen molar-refractivity contribution in [2.45, 2.75) is 26.2 Å². The Balaban J connectivity index is 1.42. The maximum Gasteiger partial charge on any atom is 0.256 e. The second-order valence-corrected chi connectivity index (χ2v) is 7.49. The Morgan fingerprint density at radius 3 is 2.77 bits per heavy atom. The summed E-state index contributed by atoms with van der Waals surface area (Å²) in [5.41, 5.74) is 2.77. The smallest absolute Gasteiger partial charge is 0.256 e. The molecule has 5 nitrogen and oxygen atoms in total. The molecular formula is C23H21F2N3O2. The van der Waals surface area contributed by atoms with Gasteiger partial charge in [0.1, 0.15) is 5.82 Å². The lowest BCUT2D eigenvalue weighted by Crippen LogP contribution is -2.34. The highest BCUT2D eigenvalue weighted by atomic mass is 19.1. The number of fused-ring (bicyclic) bond motifs is 1. The molecule has 1 aromatic carbocycles. The van der Waals surface area contributed by atoms with Crippen molar-refractivity contribution in [3.05, 3.63) is 81.5 Å². The molecular weight excluding hydrogens is 388 g/mol. The van der Waals surface area contributed by atoms with Crippen LogP contribution in [0.15, 0.2) is 47.4 Å². The number of amides is 1. The quantitative estimate of drug-likeness (QED) is 0.668. The Bertz CT molecular complexity index is 1220. The van der Waals surface area contributed by atoms with E-state index in [0.717, 1.165) is 11.1 Å². The van der Waals surface area contributed by atoms with Crippen molar-refractivity contribution in [3.8, 4) is 0 Å². The van der Waals surface area contributed by atoms with Crippen LogP contribution in [-0.2, 0) is 11.2 Å². The molecule has 0 saturated heterocycles. The molecule has 0 fully saturated rings. The van der Waals surface area contributed by atoms with Gasteiger partial charge in [0.15, 0.2) is 0 Å². The standard InChI is InChI=1S/C23H21F2N3O2/c1-14-10-17(24)12-20-19(14)13-18(27-23(20)30)2-3-22(29)28-8-5-15(6-9-28)16-4-7-26-21(25)11-16/h4-5,7,10-13H,2-3,6,8-9H2,1H3,(H,27,30). The molecule has 0 spiro atoms. The Morgan fingerprint density at radius 2 is 2.03 bits per heavy atom. The Labute approximate surface area is 172 Å². The highest BCUT2D eigenvalue weighted by molar-refractivity contribution is 5.85. The van der Waals surface area contributed by atoms with E-state index in [2.05, 4.69) is 9.97 Å². The first-order valence-electron chi connectivity index (χ1n) is 9.81. The molecule has 0 aliphatic carbocycles. The zero-order valence-corrected chi connectivity index (χ0v) is 16.5. The third-order valence-corrected chi connectivity index (χ3v) is 5.46. The number of carbonyl (C=O) groups excluding carboxylic acids is 1. The third kappa shape index (κ3) is 4.15. The normalized spacial score (nSPS) is 14.1. The minimum Gasteiger partial charge on any atom is -0.339 e. The molecule has 1 aliphatic heterocycles. The summed E-state index contributed by atoms with van der Waals surface area (Å²) in [4.78, 5) is 33.0. The van der Waals surface area contributed by atoms with Crippen LogP contribution >= 0.6 is 0 Å². The number of aromatic nitrogens is 2. The van der Waals surface area contributed by atoms with Crippen molar-refractivity contribution in [1.82, 2.24) is 14.9 Å². The van der Waals surface area contributed by atoms with Crippen molar-refractivity contribution in [2.75, 3.05) is 13.1 Å². The van der Waals surface area contributed by atoms with Crippen molar-refractivity contribution in [2.24, 2.45) is 0 Å². The number of aromatic amines is 1. The maximum absolute atomic E-state index is 13.6. The van der Waals surface area contributed by atoms with Gasteiger partial charge in [-0.3, -0.25) is 9.59 Å². The number of aryl methyl sites for hydroxylation is 2. The molecule has 0 unspecified atom stereocenters. The first-order chi connectivity index (χ1) is 14.4. The molecule has 0 atom stereocenters. The molecule has 30 heavy (non-hydrogen) atoms. The zero-order valence-electron chi connectivity index (χ0n) is 16.5. The zero-order chi connectivity index (χ0) is 21.3. The SMILES string of the molecule is Cc1cc(F)cc2c(=O)[nH]c(CCC(=O)N3CC=C(c4ccnc(F)c4)CC3)cc12. The maximum atomic E-state index is 13.6. The van der Waals surface area contributed by atoms with Gasteiger partial charge in [0.05, 0.1) is 5.39 Å². The van der Waals surface area contributed by atoms with E-state index < -0.39 is 11.8 Å². The van der Waals surface area contributed by atoms with Crippen molar-refractivity contribution in [1.29, 1.82) is 0 Å². The number of nitrogens with one attached hydrogen (secondary N) is 1. The van der Waals surface area contributed by atoms with Crippen LogP contribution in [0.2, 0.25) is 0 Å². The van der Waals surface area contributed by atoms with Gasteiger partial charge in [0.2, 0.25) is 11.9 Å². The highest BCUT2D eigenvalue weighted by Crippen LogP contribution is 2.23. The first kappa shape index (κ1) is 19.9. The van der Waals surface area contributed by atoms with E-state index >= 15 is 0 Å². The van der Waals surface area contributed by atoms with E-state index in [1.165, 1.54) is 24.4 Å². The molecule has 7 heteroatoms. The van der Waals surface area contributed by atoms with Crippen LogP contribution in [0.1, 0.15) is 29.7 Å². The Kier molecular flexibility index (Phi) is 5.44. The monoisotopic (exact) mass is 409 g/mol. The predicted octanol–water partition coefficient (Wildman–Crippen LogP) is 3.76. The Morgan fingerprint density at radius 1 is 1.20 bits per heavy atom. The molecule has 0 radical (unpaired) electrons. The molecule has 0 bridgehead atoms. The summed E-state index contributed by atoms with van der Waals surface area (Å²) in [6.45, 7) is 2.78. The van der Waals surface area contributed by atoms with Gasteiger partial charge in [0, 0.05) is 37.5 Å². The van der Waals surface area contributed by atoms with Gasteiger partial charge in [-0.2, -0.15) is 4.39 Å². The van der Waals surface area contributed by atoms with E-state index in [1.54, 1.807) is 17.9 Å². The van der Waals surface area contributed by atoms with Crippen LogP contribution in [0, 0.1) is 18.7 Å². The van der Waals surface area contributed by atoms with Gasteiger partial charge in [-0.05, 0) is 66.1 Å². The molecule has 2 aromatic heterocycles. The lowest BCUT2D eigenvalue weighted by atomic mass is 10.00. The summed E-state index contributed by atoms with van der Waals surface area (Å²) in [5, 5.41) is 1.00. The lowest BCUT2D eigenvalue weighted by Gasteiger charge is -2.26. The molecule has 1 aliphatic rings. The summed E-state index contributed by atoms with van der Waals surface area (Å²) >= 11 is 0. The summed E-state index contributed by atoms with van der Waals surface area (Å²) in [5.74, 6) is -0.974. The number of benzene rings is 1. The number of carbonyl (C=O) groups is 1. The minimum atomic E-state index is -0.519. The van der Waals surface area contributed by atoms with Gasteiger partial charge < -0.3 is 9.88 Å². The molecule has 1 N–H and O–H groups in total. The van der Waals surface area contributed by atoms with E-state index in [4.69, 9.17) is 0 Å². The fourth-order valence-electron chi connectivity index (χ4n) is 3.85. The van der Waals surface area contributed by atoms with Crippen LogP contribution in [0.5, 0.6) is 0 Å². The molecule has 3 aromatic rings. The fourth-order valence-corrected chi connectivity index (χ4v) is 3.85.